The van der Waals surface area contributed by atoms with Crippen molar-refractivity contribution in [1.82, 2.24) is 0 Å². The molecule has 0 spiro atoms. The van der Waals surface area contributed by atoms with Crippen molar-refractivity contribution in [3.63, 3.8) is 0 Å². The number of aryl methyl sites for hydroxylation is 1. The zero-order chi connectivity index (χ0) is 24.8. The van der Waals surface area contributed by atoms with E-state index in [-0.39, 0.29) is 34.2 Å². The maximum atomic E-state index is 13.3. The molecule has 1 atom stereocenters. The number of fused-ring (bicyclic) bond motifs is 5. The average Bonchev–Trinajstić information content (AvgIpc) is 2.74. The number of ketones is 2. The van der Waals surface area contributed by atoms with E-state index >= 15 is 0 Å². The highest BCUT2D eigenvalue weighted by Gasteiger charge is 2.42. The van der Waals surface area contributed by atoms with E-state index in [0.29, 0.717) is 0 Å². The highest BCUT2D eigenvalue weighted by atomic mass is 16.4. The molecular formula is C24H16O10. The molecule has 172 valence electrons. The van der Waals surface area contributed by atoms with Crippen molar-refractivity contribution in [1.29, 1.82) is 0 Å². The Morgan fingerprint density at radius 2 is 1.47 bits per heavy atom. The van der Waals surface area contributed by atoms with Crippen LogP contribution in [0.15, 0.2) is 18.2 Å². The SMILES string of the molecule is Cc1cc2c(c(O)c1C(=O)O)-c1c(O)c3c(c(O)c1CC2O)C(=O)c1c(O)cc(O)cc1C3=O. The van der Waals surface area contributed by atoms with Crippen molar-refractivity contribution in [2.24, 2.45) is 0 Å². The largest absolute Gasteiger partial charge is 0.508 e. The number of phenols is 5. The van der Waals surface area contributed by atoms with Crippen LogP contribution in [-0.4, -0.2) is 53.3 Å². The lowest BCUT2D eigenvalue weighted by Crippen LogP contribution is -2.24. The molecule has 3 aromatic carbocycles. The zero-order valence-corrected chi connectivity index (χ0v) is 17.4. The highest BCUT2D eigenvalue weighted by Crippen LogP contribution is 2.55. The van der Waals surface area contributed by atoms with Crippen LogP contribution in [0.1, 0.15) is 65.0 Å². The monoisotopic (exact) mass is 464 g/mol. The van der Waals surface area contributed by atoms with E-state index in [0.717, 1.165) is 12.1 Å². The predicted octanol–water partition coefficient (Wildman–Crippen LogP) is 2.25. The first-order valence-corrected chi connectivity index (χ1v) is 9.99. The quantitative estimate of drug-likeness (QED) is 0.205. The van der Waals surface area contributed by atoms with Gasteiger partial charge in [0.05, 0.1) is 22.8 Å². The van der Waals surface area contributed by atoms with Gasteiger partial charge in [0.2, 0.25) is 5.78 Å². The number of hydrogen-bond donors (Lipinski definition) is 7. The summed E-state index contributed by atoms with van der Waals surface area (Å²) < 4.78 is 0. The third-order valence-corrected chi connectivity index (χ3v) is 6.33. The van der Waals surface area contributed by atoms with Crippen LogP contribution in [0.3, 0.4) is 0 Å². The fourth-order valence-corrected chi connectivity index (χ4v) is 4.90. The number of hydrogen-bond acceptors (Lipinski definition) is 9. The summed E-state index contributed by atoms with van der Waals surface area (Å²) >= 11 is 0. The van der Waals surface area contributed by atoms with Gasteiger partial charge in [-0.3, -0.25) is 9.59 Å². The Hall–Kier alpha value is -4.57. The zero-order valence-electron chi connectivity index (χ0n) is 17.4. The van der Waals surface area contributed by atoms with Gasteiger partial charge in [-0.15, -0.1) is 0 Å². The van der Waals surface area contributed by atoms with Crippen LogP contribution in [0.5, 0.6) is 28.7 Å². The second kappa shape index (κ2) is 6.72. The molecule has 0 fully saturated rings. The van der Waals surface area contributed by atoms with Crippen LogP contribution in [-0.2, 0) is 6.42 Å². The molecule has 0 saturated heterocycles. The van der Waals surface area contributed by atoms with Gasteiger partial charge in [0.15, 0.2) is 5.78 Å². The lowest BCUT2D eigenvalue weighted by molar-refractivity contribution is 0.0692. The third kappa shape index (κ3) is 2.51. The molecule has 0 bridgehead atoms. The molecule has 0 aromatic heterocycles. The van der Waals surface area contributed by atoms with Crippen molar-refractivity contribution in [2.75, 3.05) is 0 Å². The van der Waals surface area contributed by atoms with Crippen molar-refractivity contribution >= 4 is 17.5 Å². The van der Waals surface area contributed by atoms with Crippen LogP contribution >= 0.6 is 0 Å². The fraction of sp³-hybridized carbons (Fsp3) is 0.125. The first-order valence-electron chi connectivity index (χ1n) is 9.99. The molecule has 5 rings (SSSR count). The van der Waals surface area contributed by atoms with E-state index in [4.69, 9.17) is 0 Å². The van der Waals surface area contributed by atoms with Gasteiger partial charge in [0.25, 0.3) is 0 Å². The van der Waals surface area contributed by atoms with Gasteiger partial charge >= 0.3 is 5.97 Å². The number of carbonyl (C=O) groups is 3. The van der Waals surface area contributed by atoms with Gasteiger partial charge in [-0.05, 0) is 24.1 Å². The van der Waals surface area contributed by atoms with E-state index in [2.05, 4.69) is 0 Å². The maximum absolute atomic E-state index is 13.3. The number of carboxylic acids is 1. The van der Waals surface area contributed by atoms with Crippen LogP contribution in [0.25, 0.3) is 11.1 Å². The summed E-state index contributed by atoms with van der Waals surface area (Å²) in [6.07, 6.45) is -1.67. The Balaban J connectivity index is 1.92. The molecule has 0 saturated carbocycles. The summed E-state index contributed by atoms with van der Waals surface area (Å²) in [5.74, 6) is -7.08. The minimum atomic E-state index is -1.48. The number of rotatable bonds is 1. The van der Waals surface area contributed by atoms with Crippen molar-refractivity contribution in [2.45, 2.75) is 19.4 Å². The molecule has 2 aliphatic rings. The van der Waals surface area contributed by atoms with Gasteiger partial charge in [0, 0.05) is 34.7 Å². The van der Waals surface area contributed by atoms with E-state index in [1.807, 2.05) is 0 Å². The van der Waals surface area contributed by atoms with Crippen LogP contribution in [0.2, 0.25) is 0 Å². The number of carbonyl (C=O) groups excluding carboxylic acids is 2. The number of benzene rings is 3. The van der Waals surface area contributed by atoms with Gasteiger partial charge in [-0.1, -0.05) is 6.07 Å². The van der Waals surface area contributed by atoms with Gasteiger partial charge in [-0.25, -0.2) is 4.79 Å². The second-order valence-corrected chi connectivity index (χ2v) is 8.25. The summed E-state index contributed by atoms with van der Waals surface area (Å²) in [5, 5.41) is 73.2. The highest BCUT2D eigenvalue weighted by molar-refractivity contribution is 6.32. The van der Waals surface area contributed by atoms with Crippen LogP contribution in [0.4, 0.5) is 0 Å². The van der Waals surface area contributed by atoms with E-state index in [9.17, 15) is 50.1 Å². The summed E-state index contributed by atoms with van der Waals surface area (Å²) in [7, 11) is 0. The van der Waals surface area contributed by atoms with E-state index in [1.165, 1.54) is 13.0 Å². The molecule has 34 heavy (non-hydrogen) atoms. The van der Waals surface area contributed by atoms with Gasteiger partial charge < -0.3 is 35.7 Å². The lowest BCUT2D eigenvalue weighted by atomic mass is 9.74. The molecular weight excluding hydrogens is 448 g/mol. The Morgan fingerprint density at radius 3 is 2.12 bits per heavy atom. The van der Waals surface area contributed by atoms with E-state index < -0.39 is 80.2 Å². The summed E-state index contributed by atoms with van der Waals surface area (Å²) in [5.41, 5.74) is -3.23. The molecule has 7 N–H and O–H groups in total. The number of carboxylic acid groups (broad SMARTS) is 1. The van der Waals surface area contributed by atoms with Crippen molar-refractivity contribution < 1.29 is 50.1 Å². The minimum absolute atomic E-state index is 0.0624. The molecule has 2 aliphatic carbocycles. The number of aliphatic hydroxyl groups is 1. The Bertz CT molecular complexity index is 1520. The summed E-state index contributed by atoms with van der Waals surface area (Å²) in [4.78, 5) is 38.1. The Kier molecular flexibility index (Phi) is 4.21. The minimum Gasteiger partial charge on any atom is -0.508 e. The fourth-order valence-electron chi connectivity index (χ4n) is 4.90. The second-order valence-electron chi connectivity index (χ2n) is 8.25. The van der Waals surface area contributed by atoms with E-state index in [1.54, 1.807) is 0 Å². The number of aromatic hydroxyl groups is 5. The Morgan fingerprint density at radius 1 is 0.824 bits per heavy atom. The molecule has 0 amide bonds. The average molecular weight is 464 g/mol. The van der Waals surface area contributed by atoms with Gasteiger partial charge in [0.1, 0.15) is 34.3 Å². The number of aliphatic hydroxyl groups excluding tert-OH is 1. The van der Waals surface area contributed by atoms with Crippen molar-refractivity contribution in [3.05, 3.63) is 62.7 Å². The standard InChI is InChI=1S/C24H16O10/c1-6-2-8-11(26)5-10-16(15(8)21(30)13(6)24(33)34)23(32)18-17(20(10)29)22(31)14-9(19(18)28)3-7(25)4-12(14)27/h2-4,11,25-27,29-30,32H,5H2,1H3,(H,33,34). The van der Waals surface area contributed by atoms with Gasteiger partial charge in [-0.2, -0.15) is 0 Å². The predicted molar refractivity (Wildman–Crippen MR) is 114 cm³/mol. The maximum Gasteiger partial charge on any atom is 0.339 e. The molecule has 0 heterocycles. The van der Waals surface area contributed by atoms with Crippen LogP contribution in [0, 0.1) is 6.92 Å². The smallest absolute Gasteiger partial charge is 0.339 e. The summed E-state index contributed by atoms with van der Waals surface area (Å²) in [6, 6.07) is 3.09. The molecule has 1 unspecified atom stereocenters. The summed E-state index contributed by atoms with van der Waals surface area (Å²) in [6.45, 7) is 1.41. The molecule has 3 aromatic rings. The molecule has 0 aliphatic heterocycles. The molecule has 10 heteroatoms. The topological polar surface area (TPSA) is 193 Å². The third-order valence-electron chi connectivity index (χ3n) is 6.33. The van der Waals surface area contributed by atoms with Crippen LogP contribution < -0.4 is 0 Å². The Labute approximate surface area is 190 Å². The number of phenolic OH excluding ortho intramolecular Hbond substituents is 4. The molecule has 10 nitrogen and oxygen atoms in total. The first kappa shape index (κ1) is 21.3. The van der Waals surface area contributed by atoms with Crippen molar-refractivity contribution in [3.8, 4) is 39.9 Å². The first-order chi connectivity index (χ1) is 16.0. The normalized spacial score (nSPS) is 15.9. The molecule has 0 radical (unpaired) electrons. The number of aromatic carboxylic acids is 1. The lowest BCUT2D eigenvalue weighted by Gasteiger charge is -2.31.